The Balaban J connectivity index is 1.90. The fourth-order valence-corrected chi connectivity index (χ4v) is 4.10. The van der Waals surface area contributed by atoms with Crippen molar-refractivity contribution in [2.24, 2.45) is 4.99 Å². The van der Waals surface area contributed by atoms with Crippen LogP contribution in [0.5, 0.6) is 0 Å². The molecule has 0 bridgehead atoms. The van der Waals surface area contributed by atoms with Crippen LogP contribution in [0.3, 0.4) is 0 Å². The summed E-state index contributed by atoms with van der Waals surface area (Å²) in [5, 5.41) is 0. The van der Waals surface area contributed by atoms with Gasteiger partial charge in [0.25, 0.3) is 10.0 Å². The number of nitrogens with zero attached hydrogens (tertiary/aromatic N) is 3. The van der Waals surface area contributed by atoms with E-state index in [1.54, 1.807) is 12.1 Å². The van der Waals surface area contributed by atoms with Gasteiger partial charge in [-0.05, 0) is 31.9 Å². The molecule has 0 radical (unpaired) electrons. The smallest absolute Gasteiger partial charge is 0.266 e. The number of likely N-dealkylation sites (tertiary alicyclic amines) is 1. The number of hydrogen-bond donors (Lipinski definition) is 0. The number of benzene rings is 1. The molecule has 20 heavy (non-hydrogen) atoms. The first-order valence-electron chi connectivity index (χ1n) is 6.98. The van der Waals surface area contributed by atoms with Crippen LogP contribution in [-0.4, -0.2) is 49.8 Å². The van der Waals surface area contributed by atoms with E-state index in [1.807, 2.05) is 19.1 Å². The highest BCUT2D eigenvalue weighted by Crippen LogP contribution is 2.22. The molecule has 0 atom stereocenters. The minimum absolute atomic E-state index is 0.344. The highest BCUT2D eigenvalue weighted by Gasteiger charge is 2.34. The van der Waals surface area contributed by atoms with Crippen molar-refractivity contribution in [3.8, 4) is 0 Å². The second-order valence-corrected chi connectivity index (χ2v) is 7.13. The first kappa shape index (κ1) is 13.4. The van der Waals surface area contributed by atoms with E-state index < -0.39 is 10.0 Å². The zero-order valence-corrected chi connectivity index (χ0v) is 12.4. The summed E-state index contributed by atoms with van der Waals surface area (Å²) < 4.78 is 26.9. The van der Waals surface area contributed by atoms with Gasteiger partial charge in [0.05, 0.1) is 18.0 Å². The van der Waals surface area contributed by atoms with Crippen LogP contribution in [-0.2, 0) is 10.0 Å². The third-order valence-corrected chi connectivity index (χ3v) is 5.57. The van der Waals surface area contributed by atoms with E-state index in [1.165, 1.54) is 4.31 Å². The maximum absolute atomic E-state index is 12.7. The second-order valence-electron chi connectivity index (χ2n) is 5.27. The van der Waals surface area contributed by atoms with Crippen molar-refractivity contribution >= 4 is 16.0 Å². The van der Waals surface area contributed by atoms with Crippen LogP contribution in [0.2, 0.25) is 0 Å². The largest absolute Gasteiger partial charge is 0.342 e. The number of aryl methyl sites for hydroxylation is 1. The molecule has 0 amide bonds. The van der Waals surface area contributed by atoms with Crippen molar-refractivity contribution in [3.05, 3.63) is 29.8 Å². The molecule has 108 valence electrons. The average Bonchev–Trinajstić information content (AvgIpc) is 3.10. The van der Waals surface area contributed by atoms with Gasteiger partial charge in [0.15, 0.2) is 0 Å². The molecule has 1 fully saturated rings. The lowest BCUT2D eigenvalue weighted by Gasteiger charge is -2.26. The Morgan fingerprint density at radius 3 is 2.35 bits per heavy atom. The van der Waals surface area contributed by atoms with Crippen LogP contribution in [0, 0.1) is 6.92 Å². The molecule has 0 aromatic heterocycles. The number of guanidine groups is 1. The van der Waals surface area contributed by atoms with Crippen molar-refractivity contribution < 1.29 is 8.42 Å². The molecule has 2 heterocycles. The van der Waals surface area contributed by atoms with Crippen molar-refractivity contribution in [3.63, 3.8) is 0 Å². The van der Waals surface area contributed by atoms with E-state index in [2.05, 4.69) is 9.89 Å². The molecule has 1 aromatic rings. The van der Waals surface area contributed by atoms with Gasteiger partial charge in [0.1, 0.15) is 0 Å². The van der Waals surface area contributed by atoms with Gasteiger partial charge >= 0.3 is 0 Å². The molecule has 0 aliphatic carbocycles. The maximum atomic E-state index is 12.7. The lowest BCUT2D eigenvalue weighted by atomic mass is 10.2. The quantitative estimate of drug-likeness (QED) is 0.829. The summed E-state index contributed by atoms with van der Waals surface area (Å²) in [4.78, 5) is 6.82. The fourth-order valence-electron chi connectivity index (χ4n) is 2.66. The number of aliphatic imine (C=N–C) groups is 1. The van der Waals surface area contributed by atoms with Gasteiger partial charge in [-0.2, -0.15) is 0 Å². The molecule has 6 heteroatoms. The summed E-state index contributed by atoms with van der Waals surface area (Å²) in [5.41, 5.74) is 1.05. The van der Waals surface area contributed by atoms with Crippen molar-refractivity contribution in [1.82, 2.24) is 9.21 Å². The van der Waals surface area contributed by atoms with Gasteiger partial charge in [-0.1, -0.05) is 17.7 Å². The van der Waals surface area contributed by atoms with Crippen molar-refractivity contribution in [1.29, 1.82) is 0 Å². The van der Waals surface area contributed by atoms with E-state index in [-0.39, 0.29) is 0 Å². The number of rotatable bonds is 2. The van der Waals surface area contributed by atoms with Crippen LogP contribution in [0.25, 0.3) is 0 Å². The molecule has 2 aliphatic rings. The predicted molar refractivity (Wildman–Crippen MR) is 78.2 cm³/mol. The second kappa shape index (κ2) is 5.09. The lowest BCUT2D eigenvalue weighted by Crippen LogP contribution is -2.43. The van der Waals surface area contributed by atoms with Gasteiger partial charge < -0.3 is 4.90 Å². The first-order valence-corrected chi connectivity index (χ1v) is 8.42. The molecule has 0 unspecified atom stereocenters. The fraction of sp³-hybridized carbons (Fsp3) is 0.500. The van der Waals surface area contributed by atoms with Gasteiger partial charge in [0.2, 0.25) is 5.96 Å². The molecule has 0 saturated carbocycles. The standard InChI is InChI=1S/C14H19N3O2S/c1-12-4-6-13(7-5-12)20(18,19)17-11-8-15-14(17)16-9-2-3-10-16/h4-7H,2-3,8-11H2,1H3. The topological polar surface area (TPSA) is 53.0 Å². The van der Waals surface area contributed by atoms with Gasteiger partial charge in [0, 0.05) is 13.1 Å². The lowest BCUT2D eigenvalue weighted by molar-refractivity contribution is 0.452. The molecule has 3 rings (SSSR count). The summed E-state index contributed by atoms with van der Waals surface area (Å²) in [6.45, 7) is 4.75. The minimum atomic E-state index is -3.48. The number of hydrogen-bond acceptors (Lipinski definition) is 4. The normalized spacial score (nSPS) is 19.6. The summed E-state index contributed by atoms with van der Waals surface area (Å²) in [7, 11) is -3.48. The third kappa shape index (κ3) is 2.28. The third-order valence-electron chi connectivity index (χ3n) is 3.78. The van der Waals surface area contributed by atoms with Crippen LogP contribution in [0.4, 0.5) is 0 Å². The molecule has 1 saturated heterocycles. The Labute approximate surface area is 120 Å². The summed E-state index contributed by atoms with van der Waals surface area (Å²) >= 11 is 0. The molecule has 0 spiro atoms. The van der Waals surface area contributed by atoms with Gasteiger partial charge in [-0.3, -0.25) is 4.99 Å². The van der Waals surface area contributed by atoms with Crippen LogP contribution < -0.4 is 0 Å². The maximum Gasteiger partial charge on any atom is 0.266 e. The molecule has 1 aromatic carbocycles. The van der Waals surface area contributed by atoms with E-state index in [4.69, 9.17) is 0 Å². The predicted octanol–water partition coefficient (Wildman–Crippen LogP) is 1.45. The SMILES string of the molecule is Cc1ccc(S(=O)(=O)N2CCN=C2N2CCCC2)cc1. The zero-order chi connectivity index (χ0) is 14.2. The molecular formula is C14H19N3O2S. The summed E-state index contributed by atoms with van der Waals surface area (Å²) in [6.07, 6.45) is 2.22. The van der Waals surface area contributed by atoms with Crippen molar-refractivity contribution in [2.75, 3.05) is 26.2 Å². The number of sulfonamides is 1. The molecule has 5 nitrogen and oxygen atoms in total. The Bertz CT molecular complexity index is 616. The average molecular weight is 293 g/mol. The monoisotopic (exact) mass is 293 g/mol. The Morgan fingerprint density at radius 2 is 1.70 bits per heavy atom. The van der Waals surface area contributed by atoms with Gasteiger partial charge in [-0.25, -0.2) is 12.7 Å². The highest BCUT2D eigenvalue weighted by atomic mass is 32.2. The summed E-state index contributed by atoms with van der Waals surface area (Å²) in [5.74, 6) is 0.628. The molecule has 0 N–H and O–H groups in total. The first-order chi connectivity index (χ1) is 9.59. The zero-order valence-electron chi connectivity index (χ0n) is 11.6. The summed E-state index contributed by atoms with van der Waals surface area (Å²) in [6, 6.07) is 7.00. The van der Waals surface area contributed by atoms with Crippen molar-refractivity contribution in [2.45, 2.75) is 24.7 Å². The Hall–Kier alpha value is -1.56. The Kier molecular flexibility index (Phi) is 3.41. The Morgan fingerprint density at radius 1 is 1.05 bits per heavy atom. The highest BCUT2D eigenvalue weighted by molar-refractivity contribution is 7.89. The van der Waals surface area contributed by atoms with Crippen LogP contribution >= 0.6 is 0 Å². The molecule has 2 aliphatic heterocycles. The van der Waals surface area contributed by atoms with Crippen LogP contribution in [0.15, 0.2) is 34.2 Å². The minimum Gasteiger partial charge on any atom is -0.342 e. The van der Waals surface area contributed by atoms with Crippen LogP contribution in [0.1, 0.15) is 18.4 Å². The van der Waals surface area contributed by atoms with E-state index >= 15 is 0 Å². The molecular weight excluding hydrogens is 274 g/mol. The van der Waals surface area contributed by atoms with Gasteiger partial charge in [-0.15, -0.1) is 0 Å². The van der Waals surface area contributed by atoms with E-state index in [0.29, 0.717) is 23.9 Å². The van der Waals surface area contributed by atoms with E-state index in [0.717, 1.165) is 31.5 Å². The van der Waals surface area contributed by atoms with E-state index in [9.17, 15) is 8.42 Å².